The smallest absolute Gasteiger partial charge is 0.330 e. The van der Waals surface area contributed by atoms with Crippen LogP contribution in [0.3, 0.4) is 0 Å². The highest BCUT2D eigenvalue weighted by Crippen LogP contribution is 2.31. The van der Waals surface area contributed by atoms with Crippen LogP contribution >= 0.6 is 0 Å². The molecule has 0 atom stereocenters. The molecule has 1 N–H and O–H groups in total. The number of nitrogens with one attached hydrogen (secondary N) is 1. The summed E-state index contributed by atoms with van der Waals surface area (Å²) in [6, 6.07) is 8.66. The first-order valence-corrected chi connectivity index (χ1v) is 7.56. The van der Waals surface area contributed by atoms with Gasteiger partial charge >= 0.3 is 16.3 Å². The molecule has 7 heteroatoms. The number of carbonyl (C=O) groups excluding carboxylic acids is 1. The molecule has 0 saturated heterocycles. The highest BCUT2D eigenvalue weighted by Gasteiger charge is 2.34. The van der Waals surface area contributed by atoms with E-state index in [-0.39, 0.29) is 11.6 Å². The number of hydrogen-bond donors (Lipinski definition) is 1. The Morgan fingerprint density at radius 3 is 2.75 bits per heavy atom. The van der Waals surface area contributed by atoms with E-state index >= 15 is 0 Å². The number of nitrogens with zero attached hydrogens (tertiary/aromatic N) is 1. The molecule has 0 aliphatic heterocycles. The maximum atomic E-state index is 11.8. The number of hydrogen-bond acceptors (Lipinski definition) is 5. The first-order valence-electron chi connectivity index (χ1n) is 6.15. The van der Waals surface area contributed by atoms with Gasteiger partial charge in [0.15, 0.2) is 0 Å². The summed E-state index contributed by atoms with van der Waals surface area (Å²) in [6.07, 6.45) is 2.94. The lowest BCUT2D eigenvalue weighted by Gasteiger charge is -2.09. The van der Waals surface area contributed by atoms with E-state index < -0.39 is 16.3 Å². The van der Waals surface area contributed by atoms with E-state index in [0.717, 1.165) is 5.39 Å². The van der Waals surface area contributed by atoms with E-state index in [1.165, 1.54) is 0 Å². The standard InChI is InChI=1S/C13H12N2O4S/c16-13(10-6-7-10)19-20(17,18)15-11-5-1-3-9-4-2-8-14-12(9)11/h1-5,8,10,15H,6-7H2. The number of anilines is 1. The minimum Gasteiger partial charge on any atom is -0.330 e. The molecule has 1 heterocycles. The zero-order valence-corrected chi connectivity index (χ0v) is 11.3. The van der Waals surface area contributed by atoms with Crippen LogP contribution in [0.1, 0.15) is 12.8 Å². The molecule has 1 fully saturated rings. The molecular weight excluding hydrogens is 280 g/mol. The van der Waals surface area contributed by atoms with Gasteiger partial charge < -0.3 is 4.18 Å². The number of rotatable bonds is 4. The van der Waals surface area contributed by atoms with Crippen molar-refractivity contribution >= 4 is 32.9 Å². The molecule has 3 rings (SSSR count). The van der Waals surface area contributed by atoms with Crippen LogP contribution in [0, 0.1) is 5.92 Å². The van der Waals surface area contributed by atoms with Crippen molar-refractivity contribution in [2.24, 2.45) is 5.92 Å². The van der Waals surface area contributed by atoms with Gasteiger partial charge in [-0.05, 0) is 25.0 Å². The van der Waals surface area contributed by atoms with Gasteiger partial charge in [-0.2, -0.15) is 8.42 Å². The molecule has 104 valence electrons. The lowest BCUT2D eigenvalue weighted by molar-refractivity contribution is -0.135. The molecule has 1 saturated carbocycles. The van der Waals surface area contributed by atoms with Crippen LogP contribution in [0.4, 0.5) is 5.69 Å². The van der Waals surface area contributed by atoms with Gasteiger partial charge in [0, 0.05) is 11.6 Å². The fraction of sp³-hybridized carbons (Fsp3) is 0.231. The van der Waals surface area contributed by atoms with Crippen molar-refractivity contribution in [2.45, 2.75) is 12.8 Å². The van der Waals surface area contributed by atoms with Gasteiger partial charge in [0.1, 0.15) is 0 Å². The number of fused-ring (bicyclic) bond motifs is 1. The van der Waals surface area contributed by atoms with Crippen LogP contribution in [-0.2, 0) is 19.3 Å². The number of aromatic nitrogens is 1. The zero-order valence-electron chi connectivity index (χ0n) is 10.4. The third kappa shape index (κ3) is 2.72. The molecule has 1 aromatic heterocycles. The van der Waals surface area contributed by atoms with Crippen molar-refractivity contribution in [2.75, 3.05) is 4.72 Å². The molecule has 1 aliphatic carbocycles. The molecule has 1 aliphatic rings. The van der Waals surface area contributed by atoms with Gasteiger partial charge in [0.05, 0.1) is 17.1 Å². The Kier molecular flexibility index (Phi) is 3.06. The summed E-state index contributed by atoms with van der Waals surface area (Å²) in [5, 5.41) is 0.793. The Hall–Kier alpha value is -2.15. The van der Waals surface area contributed by atoms with Crippen LogP contribution < -0.4 is 4.72 Å². The van der Waals surface area contributed by atoms with Gasteiger partial charge in [-0.1, -0.05) is 18.2 Å². The van der Waals surface area contributed by atoms with Crippen molar-refractivity contribution in [3.63, 3.8) is 0 Å². The molecule has 0 amide bonds. The van der Waals surface area contributed by atoms with E-state index in [1.54, 1.807) is 24.4 Å². The summed E-state index contributed by atoms with van der Waals surface area (Å²) in [5.74, 6) is -0.983. The van der Waals surface area contributed by atoms with E-state index in [1.807, 2.05) is 12.1 Å². The topological polar surface area (TPSA) is 85.4 Å². The lowest BCUT2D eigenvalue weighted by Crippen LogP contribution is -2.21. The fourth-order valence-electron chi connectivity index (χ4n) is 1.84. The van der Waals surface area contributed by atoms with Crippen LogP contribution in [-0.4, -0.2) is 19.4 Å². The average Bonchev–Trinajstić information content (AvgIpc) is 3.22. The molecule has 0 radical (unpaired) electrons. The second kappa shape index (κ2) is 4.75. The second-order valence-corrected chi connectivity index (χ2v) is 5.89. The Morgan fingerprint density at radius 1 is 1.25 bits per heavy atom. The Bertz CT molecular complexity index is 764. The Labute approximate surface area is 116 Å². The van der Waals surface area contributed by atoms with E-state index in [0.29, 0.717) is 18.4 Å². The minimum absolute atomic E-state index is 0.280. The van der Waals surface area contributed by atoms with Crippen LogP contribution in [0.15, 0.2) is 36.5 Å². The third-order valence-electron chi connectivity index (χ3n) is 2.97. The molecule has 0 bridgehead atoms. The molecule has 20 heavy (non-hydrogen) atoms. The summed E-state index contributed by atoms with van der Waals surface area (Å²) in [4.78, 5) is 15.5. The first kappa shape index (κ1) is 12.9. The van der Waals surface area contributed by atoms with Crippen molar-refractivity contribution in [1.82, 2.24) is 4.98 Å². The van der Waals surface area contributed by atoms with Crippen molar-refractivity contribution in [3.05, 3.63) is 36.5 Å². The fourth-order valence-corrected chi connectivity index (χ4v) is 2.67. The first-order chi connectivity index (χ1) is 9.55. The van der Waals surface area contributed by atoms with E-state index in [9.17, 15) is 13.2 Å². The SMILES string of the molecule is O=C(OS(=O)(=O)Nc1cccc2cccnc12)C1CC1. The van der Waals surface area contributed by atoms with E-state index in [4.69, 9.17) is 0 Å². The van der Waals surface area contributed by atoms with Crippen molar-refractivity contribution in [1.29, 1.82) is 0 Å². The lowest BCUT2D eigenvalue weighted by atomic mass is 10.2. The second-order valence-electron chi connectivity index (χ2n) is 4.61. The predicted octanol–water partition coefficient (Wildman–Crippen LogP) is 1.84. The molecule has 2 aromatic rings. The maximum Gasteiger partial charge on any atom is 0.410 e. The third-order valence-corrected chi connectivity index (χ3v) is 3.82. The quantitative estimate of drug-likeness (QED) is 0.929. The summed E-state index contributed by atoms with van der Waals surface area (Å²) in [5.41, 5.74) is 0.785. The number of carbonyl (C=O) groups is 1. The largest absolute Gasteiger partial charge is 0.410 e. The van der Waals surface area contributed by atoms with E-state index in [2.05, 4.69) is 13.9 Å². The summed E-state index contributed by atoms with van der Waals surface area (Å²) >= 11 is 0. The Balaban J connectivity index is 1.86. The zero-order chi connectivity index (χ0) is 14.2. The van der Waals surface area contributed by atoms with Crippen LogP contribution in [0.25, 0.3) is 10.9 Å². The van der Waals surface area contributed by atoms with Crippen LogP contribution in [0.2, 0.25) is 0 Å². The van der Waals surface area contributed by atoms with Gasteiger partial charge in [0.25, 0.3) is 0 Å². The normalized spacial score (nSPS) is 15.0. The van der Waals surface area contributed by atoms with Gasteiger partial charge in [-0.15, -0.1) is 0 Å². The van der Waals surface area contributed by atoms with Crippen molar-refractivity contribution < 1.29 is 17.4 Å². The molecule has 0 spiro atoms. The monoisotopic (exact) mass is 292 g/mol. The predicted molar refractivity (Wildman–Crippen MR) is 73.1 cm³/mol. The summed E-state index contributed by atoms with van der Waals surface area (Å²) < 4.78 is 30.4. The number of para-hydroxylation sites is 1. The van der Waals surface area contributed by atoms with Gasteiger partial charge in [-0.25, -0.2) is 4.72 Å². The van der Waals surface area contributed by atoms with Gasteiger partial charge in [-0.3, -0.25) is 9.78 Å². The number of pyridine rings is 1. The molecular formula is C13H12N2O4S. The Morgan fingerprint density at radius 2 is 2.00 bits per heavy atom. The van der Waals surface area contributed by atoms with Crippen molar-refractivity contribution in [3.8, 4) is 0 Å². The van der Waals surface area contributed by atoms with Crippen LogP contribution in [0.5, 0.6) is 0 Å². The molecule has 6 nitrogen and oxygen atoms in total. The maximum absolute atomic E-state index is 11.8. The average molecular weight is 292 g/mol. The highest BCUT2D eigenvalue weighted by atomic mass is 32.2. The highest BCUT2D eigenvalue weighted by molar-refractivity contribution is 7.88. The summed E-state index contributed by atoms with van der Waals surface area (Å²) in [6.45, 7) is 0. The number of benzene rings is 1. The minimum atomic E-state index is -4.17. The van der Waals surface area contributed by atoms with Gasteiger partial charge in [0.2, 0.25) is 0 Å². The molecule has 1 aromatic carbocycles. The molecule has 0 unspecified atom stereocenters. The summed E-state index contributed by atoms with van der Waals surface area (Å²) in [7, 11) is -4.17.